The molecule has 3 rings (SSSR count). The number of carbonyl (C=O) groups is 2. The van der Waals surface area contributed by atoms with Crippen molar-refractivity contribution in [3.05, 3.63) is 81.8 Å². The van der Waals surface area contributed by atoms with Gasteiger partial charge in [-0.05, 0) is 53.3 Å². The largest absolute Gasteiger partial charge is 0.354 e. The second kappa shape index (κ2) is 11.5. The van der Waals surface area contributed by atoms with Crippen LogP contribution in [0.15, 0.2) is 60.7 Å². The molecular weight excluding hydrogens is 455 g/mol. The molecule has 6 heteroatoms. The second-order valence-corrected chi connectivity index (χ2v) is 9.55. The number of rotatable bonds is 9. The molecule has 3 aromatic rings. The molecule has 4 nitrogen and oxygen atoms in total. The number of halogens is 2. The summed E-state index contributed by atoms with van der Waals surface area (Å²) in [6.07, 6.45) is 0.881. The molecule has 0 radical (unpaired) electrons. The van der Waals surface area contributed by atoms with Gasteiger partial charge in [0.2, 0.25) is 11.8 Å². The van der Waals surface area contributed by atoms with Crippen molar-refractivity contribution < 1.29 is 9.59 Å². The summed E-state index contributed by atoms with van der Waals surface area (Å²) < 4.78 is 0. The molecule has 174 valence electrons. The van der Waals surface area contributed by atoms with Crippen LogP contribution in [0.2, 0.25) is 10.0 Å². The number of fused-ring (bicyclic) bond motifs is 1. The highest BCUT2D eigenvalue weighted by Gasteiger charge is 2.26. The Kier molecular flexibility index (Phi) is 8.76. The molecular formula is C27H30Cl2N2O2. The Labute approximate surface area is 205 Å². The molecule has 0 aliphatic carbocycles. The van der Waals surface area contributed by atoms with Gasteiger partial charge in [-0.25, -0.2) is 0 Å². The third kappa shape index (κ3) is 6.72. The Bertz CT molecular complexity index is 1120. The maximum atomic E-state index is 13.4. The van der Waals surface area contributed by atoms with Gasteiger partial charge in [0, 0.05) is 29.6 Å². The van der Waals surface area contributed by atoms with Crippen molar-refractivity contribution in [2.45, 2.75) is 46.2 Å². The van der Waals surface area contributed by atoms with Gasteiger partial charge in [0.05, 0.1) is 0 Å². The maximum absolute atomic E-state index is 13.4. The second-order valence-electron chi connectivity index (χ2n) is 8.71. The van der Waals surface area contributed by atoms with E-state index in [9.17, 15) is 9.59 Å². The quantitative estimate of drug-likeness (QED) is 0.389. The van der Waals surface area contributed by atoms with Gasteiger partial charge in [0.1, 0.15) is 6.04 Å². The molecule has 0 saturated carbocycles. The number of hydrogen-bond donors (Lipinski definition) is 1. The summed E-state index contributed by atoms with van der Waals surface area (Å²) in [6, 6.07) is 18.8. The highest BCUT2D eigenvalue weighted by molar-refractivity contribution is 6.35. The van der Waals surface area contributed by atoms with Gasteiger partial charge >= 0.3 is 0 Å². The van der Waals surface area contributed by atoms with Crippen molar-refractivity contribution in [1.29, 1.82) is 0 Å². The van der Waals surface area contributed by atoms with Gasteiger partial charge in [0.15, 0.2) is 0 Å². The maximum Gasteiger partial charge on any atom is 0.242 e. The van der Waals surface area contributed by atoms with Crippen LogP contribution in [0.5, 0.6) is 0 Å². The third-order valence-electron chi connectivity index (χ3n) is 5.70. The van der Waals surface area contributed by atoms with Crippen LogP contribution in [0.1, 0.15) is 38.3 Å². The topological polar surface area (TPSA) is 49.4 Å². The van der Waals surface area contributed by atoms with Gasteiger partial charge in [0.25, 0.3) is 0 Å². The van der Waals surface area contributed by atoms with Crippen LogP contribution in [0, 0.1) is 5.92 Å². The SMILES string of the molecule is CC(C)CNC(=O)C(C)N(Cc1ccc(Cl)cc1Cl)C(=O)CCc1cccc2ccccc12. The van der Waals surface area contributed by atoms with Gasteiger partial charge in [-0.3, -0.25) is 9.59 Å². The molecule has 1 N–H and O–H groups in total. The smallest absolute Gasteiger partial charge is 0.242 e. The van der Waals surface area contributed by atoms with Crippen LogP contribution < -0.4 is 5.32 Å². The van der Waals surface area contributed by atoms with Crippen molar-refractivity contribution in [3.63, 3.8) is 0 Å². The molecule has 3 aromatic carbocycles. The highest BCUT2D eigenvalue weighted by Crippen LogP contribution is 2.24. The third-order valence-corrected chi connectivity index (χ3v) is 6.28. The number of amides is 2. The van der Waals surface area contributed by atoms with Crippen LogP contribution >= 0.6 is 23.2 Å². The summed E-state index contributed by atoms with van der Waals surface area (Å²) in [5.74, 6) is 0.0517. The molecule has 0 bridgehead atoms. The lowest BCUT2D eigenvalue weighted by atomic mass is 10.0. The van der Waals surface area contributed by atoms with E-state index in [0.29, 0.717) is 35.3 Å². The monoisotopic (exact) mass is 484 g/mol. The summed E-state index contributed by atoms with van der Waals surface area (Å²) in [5.41, 5.74) is 1.87. The fourth-order valence-electron chi connectivity index (χ4n) is 3.76. The molecule has 0 aliphatic heterocycles. The van der Waals surface area contributed by atoms with E-state index in [2.05, 4.69) is 29.6 Å². The van der Waals surface area contributed by atoms with E-state index < -0.39 is 6.04 Å². The molecule has 0 fully saturated rings. The molecule has 0 aliphatic rings. The molecule has 1 atom stereocenters. The number of nitrogens with zero attached hydrogens (tertiary/aromatic N) is 1. The van der Waals surface area contributed by atoms with E-state index in [0.717, 1.165) is 21.9 Å². The average molecular weight is 485 g/mol. The zero-order valence-corrected chi connectivity index (χ0v) is 20.8. The minimum atomic E-state index is -0.629. The zero-order valence-electron chi connectivity index (χ0n) is 19.3. The molecule has 1 unspecified atom stereocenters. The summed E-state index contributed by atoms with van der Waals surface area (Å²) >= 11 is 12.4. The first-order valence-electron chi connectivity index (χ1n) is 11.2. The summed E-state index contributed by atoms with van der Waals surface area (Å²) in [7, 11) is 0. The number of carbonyl (C=O) groups excluding carboxylic acids is 2. The molecule has 0 aromatic heterocycles. The predicted octanol–water partition coefficient (Wildman–Crippen LogP) is 6.27. The van der Waals surface area contributed by atoms with Crippen LogP contribution in [-0.2, 0) is 22.6 Å². The van der Waals surface area contributed by atoms with Crippen molar-refractivity contribution in [2.24, 2.45) is 5.92 Å². The summed E-state index contributed by atoms with van der Waals surface area (Å²) in [6.45, 7) is 6.62. The number of benzene rings is 3. The zero-order chi connectivity index (χ0) is 24.0. The minimum Gasteiger partial charge on any atom is -0.354 e. The molecule has 33 heavy (non-hydrogen) atoms. The van der Waals surface area contributed by atoms with Crippen molar-refractivity contribution in [1.82, 2.24) is 10.2 Å². The number of aryl methyl sites for hydroxylation is 1. The lowest BCUT2D eigenvalue weighted by Gasteiger charge is -2.29. The molecule has 0 saturated heterocycles. The lowest BCUT2D eigenvalue weighted by molar-refractivity contribution is -0.140. The van der Waals surface area contributed by atoms with E-state index in [1.807, 2.05) is 32.0 Å². The Morgan fingerprint density at radius 1 is 0.939 bits per heavy atom. The average Bonchev–Trinajstić information content (AvgIpc) is 2.80. The predicted molar refractivity (Wildman–Crippen MR) is 137 cm³/mol. The fourth-order valence-corrected chi connectivity index (χ4v) is 4.23. The lowest BCUT2D eigenvalue weighted by Crippen LogP contribution is -2.48. The van der Waals surface area contributed by atoms with Crippen molar-refractivity contribution in [2.75, 3.05) is 6.54 Å². The van der Waals surface area contributed by atoms with Crippen molar-refractivity contribution >= 4 is 45.8 Å². The minimum absolute atomic E-state index is 0.0962. The van der Waals surface area contributed by atoms with E-state index in [-0.39, 0.29) is 18.4 Å². The molecule has 0 spiro atoms. The Morgan fingerprint density at radius 3 is 2.39 bits per heavy atom. The van der Waals surface area contributed by atoms with Crippen LogP contribution in [0.25, 0.3) is 10.8 Å². The Balaban J connectivity index is 1.80. The normalized spacial score (nSPS) is 12.1. The van der Waals surface area contributed by atoms with Crippen LogP contribution in [0.4, 0.5) is 0 Å². The van der Waals surface area contributed by atoms with Crippen molar-refractivity contribution in [3.8, 4) is 0 Å². The first-order chi connectivity index (χ1) is 15.8. The summed E-state index contributed by atoms with van der Waals surface area (Å²) in [4.78, 5) is 27.8. The van der Waals surface area contributed by atoms with Gasteiger partial charge in [-0.15, -0.1) is 0 Å². The first kappa shape index (κ1) is 25.1. The molecule has 2 amide bonds. The Morgan fingerprint density at radius 2 is 1.67 bits per heavy atom. The number of nitrogens with one attached hydrogen (secondary N) is 1. The Hall–Kier alpha value is -2.56. The van der Waals surface area contributed by atoms with E-state index >= 15 is 0 Å². The molecule has 0 heterocycles. The van der Waals surface area contributed by atoms with Gasteiger partial charge < -0.3 is 10.2 Å². The fraction of sp³-hybridized carbons (Fsp3) is 0.333. The van der Waals surface area contributed by atoms with E-state index in [1.165, 1.54) is 0 Å². The standard InChI is InChI=1S/C27H30Cl2N2O2/c1-18(2)16-30-27(33)19(3)31(17-22-11-13-23(28)15-25(22)29)26(32)14-12-21-9-6-8-20-7-4-5-10-24(20)21/h4-11,13,15,18-19H,12,14,16-17H2,1-3H3,(H,30,33). The van der Waals surface area contributed by atoms with Crippen LogP contribution in [0.3, 0.4) is 0 Å². The highest BCUT2D eigenvalue weighted by atomic mass is 35.5. The van der Waals surface area contributed by atoms with Crippen LogP contribution in [-0.4, -0.2) is 29.3 Å². The summed E-state index contributed by atoms with van der Waals surface area (Å²) in [5, 5.41) is 6.23. The van der Waals surface area contributed by atoms with Gasteiger partial charge in [-0.1, -0.05) is 85.6 Å². The van der Waals surface area contributed by atoms with E-state index in [4.69, 9.17) is 23.2 Å². The van der Waals surface area contributed by atoms with Gasteiger partial charge in [-0.2, -0.15) is 0 Å². The first-order valence-corrected chi connectivity index (χ1v) is 12.0. The number of hydrogen-bond acceptors (Lipinski definition) is 2. The van der Waals surface area contributed by atoms with E-state index in [1.54, 1.807) is 30.0 Å².